The van der Waals surface area contributed by atoms with Crippen LogP contribution in [0.5, 0.6) is 0 Å². The summed E-state index contributed by atoms with van der Waals surface area (Å²) in [6.07, 6.45) is 1.73. The Balaban J connectivity index is 1.79. The molecule has 0 amide bonds. The van der Waals surface area contributed by atoms with Gasteiger partial charge in [-0.05, 0) is 24.3 Å². The Morgan fingerprint density at radius 1 is 1.14 bits per heavy atom. The van der Waals surface area contributed by atoms with Gasteiger partial charge in [-0.2, -0.15) is 4.98 Å². The molecule has 1 saturated heterocycles. The molecule has 1 aliphatic heterocycles. The SMILES string of the molecule is Clc1ccc(Nc2nccc(N3CCOCC3)n2)c(Cl)c1. The number of benzene rings is 1. The number of anilines is 3. The third kappa shape index (κ3) is 3.56. The van der Waals surface area contributed by atoms with Gasteiger partial charge < -0.3 is 15.0 Å². The van der Waals surface area contributed by atoms with Crippen LogP contribution >= 0.6 is 23.2 Å². The summed E-state index contributed by atoms with van der Waals surface area (Å²) in [5, 5.41) is 4.23. The van der Waals surface area contributed by atoms with Crippen molar-refractivity contribution in [3.63, 3.8) is 0 Å². The van der Waals surface area contributed by atoms with Crippen LogP contribution in [-0.2, 0) is 4.74 Å². The molecule has 1 aromatic carbocycles. The highest BCUT2D eigenvalue weighted by atomic mass is 35.5. The highest BCUT2D eigenvalue weighted by Crippen LogP contribution is 2.27. The molecule has 3 rings (SSSR count). The Morgan fingerprint density at radius 3 is 2.71 bits per heavy atom. The molecule has 110 valence electrons. The highest BCUT2D eigenvalue weighted by Gasteiger charge is 2.13. The van der Waals surface area contributed by atoms with Gasteiger partial charge in [-0.25, -0.2) is 4.98 Å². The van der Waals surface area contributed by atoms with Gasteiger partial charge in [0.15, 0.2) is 0 Å². The highest BCUT2D eigenvalue weighted by molar-refractivity contribution is 6.36. The van der Waals surface area contributed by atoms with Gasteiger partial charge in [-0.15, -0.1) is 0 Å². The summed E-state index contributed by atoms with van der Waals surface area (Å²) in [4.78, 5) is 10.9. The smallest absolute Gasteiger partial charge is 0.229 e. The van der Waals surface area contributed by atoms with Crippen LogP contribution in [0.25, 0.3) is 0 Å². The van der Waals surface area contributed by atoms with Crippen LogP contribution in [0, 0.1) is 0 Å². The first-order valence-electron chi connectivity index (χ1n) is 6.60. The lowest BCUT2D eigenvalue weighted by molar-refractivity contribution is 0.122. The second-order valence-corrected chi connectivity index (χ2v) is 5.43. The first-order valence-corrected chi connectivity index (χ1v) is 7.36. The first-order chi connectivity index (χ1) is 10.2. The summed E-state index contributed by atoms with van der Waals surface area (Å²) in [7, 11) is 0. The second kappa shape index (κ2) is 6.47. The van der Waals surface area contributed by atoms with Gasteiger partial charge in [0.25, 0.3) is 0 Å². The summed E-state index contributed by atoms with van der Waals surface area (Å²) < 4.78 is 5.34. The fourth-order valence-corrected chi connectivity index (χ4v) is 2.55. The fourth-order valence-electron chi connectivity index (χ4n) is 2.09. The predicted molar refractivity (Wildman–Crippen MR) is 84.8 cm³/mol. The minimum Gasteiger partial charge on any atom is -0.378 e. The Labute approximate surface area is 132 Å². The molecule has 0 spiro atoms. The zero-order valence-corrected chi connectivity index (χ0v) is 12.7. The molecular weight excluding hydrogens is 311 g/mol. The van der Waals surface area contributed by atoms with E-state index in [1.165, 1.54) is 0 Å². The molecule has 0 unspecified atom stereocenters. The van der Waals surface area contributed by atoms with Crippen LogP contribution in [-0.4, -0.2) is 36.3 Å². The van der Waals surface area contributed by atoms with Gasteiger partial charge in [0, 0.05) is 24.3 Å². The summed E-state index contributed by atoms with van der Waals surface area (Å²) in [5.74, 6) is 1.38. The summed E-state index contributed by atoms with van der Waals surface area (Å²) >= 11 is 12.0. The number of nitrogens with one attached hydrogen (secondary N) is 1. The minimum absolute atomic E-state index is 0.503. The lowest BCUT2D eigenvalue weighted by atomic mass is 10.3. The van der Waals surface area contributed by atoms with Gasteiger partial charge >= 0.3 is 0 Å². The van der Waals surface area contributed by atoms with Gasteiger partial charge in [0.1, 0.15) is 5.82 Å². The van der Waals surface area contributed by atoms with Crippen LogP contribution in [0.15, 0.2) is 30.5 Å². The Bertz CT molecular complexity index is 632. The van der Waals surface area contributed by atoms with Crippen molar-refractivity contribution in [1.29, 1.82) is 0 Å². The maximum atomic E-state index is 6.14. The molecule has 0 radical (unpaired) electrons. The van der Waals surface area contributed by atoms with E-state index in [2.05, 4.69) is 20.2 Å². The van der Waals surface area contributed by atoms with Gasteiger partial charge in [0.2, 0.25) is 5.95 Å². The average Bonchev–Trinajstić information content (AvgIpc) is 2.51. The molecule has 2 aromatic rings. The lowest BCUT2D eigenvalue weighted by Crippen LogP contribution is -2.36. The molecule has 0 bridgehead atoms. The molecule has 5 nitrogen and oxygen atoms in total. The van der Waals surface area contributed by atoms with Crippen molar-refractivity contribution in [1.82, 2.24) is 9.97 Å². The van der Waals surface area contributed by atoms with Crippen LogP contribution in [0.2, 0.25) is 10.0 Å². The normalized spacial score (nSPS) is 15.0. The third-order valence-electron chi connectivity index (χ3n) is 3.15. The van der Waals surface area contributed by atoms with E-state index in [0.29, 0.717) is 16.0 Å². The van der Waals surface area contributed by atoms with Crippen LogP contribution in [0.4, 0.5) is 17.5 Å². The van der Waals surface area contributed by atoms with Gasteiger partial charge in [-0.1, -0.05) is 23.2 Å². The maximum absolute atomic E-state index is 6.14. The molecule has 21 heavy (non-hydrogen) atoms. The fraction of sp³-hybridized carbons (Fsp3) is 0.286. The monoisotopic (exact) mass is 324 g/mol. The molecule has 0 atom stereocenters. The van der Waals surface area contributed by atoms with E-state index in [4.69, 9.17) is 27.9 Å². The van der Waals surface area contributed by atoms with Crippen molar-refractivity contribution in [3.05, 3.63) is 40.5 Å². The number of hydrogen-bond acceptors (Lipinski definition) is 5. The number of hydrogen-bond donors (Lipinski definition) is 1. The van der Waals surface area contributed by atoms with Gasteiger partial charge in [0.05, 0.1) is 23.9 Å². The Morgan fingerprint density at radius 2 is 1.95 bits per heavy atom. The zero-order valence-electron chi connectivity index (χ0n) is 11.2. The summed E-state index contributed by atoms with van der Waals surface area (Å²) in [6, 6.07) is 7.13. The summed E-state index contributed by atoms with van der Waals surface area (Å²) in [6.45, 7) is 3.10. The number of rotatable bonds is 3. The summed E-state index contributed by atoms with van der Waals surface area (Å²) in [5.41, 5.74) is 0.722. The van der Waals surface area contributed by atoms with Crippen LogP contribution in [0.3, 0.4) is 0 Å². The topological polar surface area (TPSA) is 50.3 Å². The first kappa shape index (κ1) is 14.4. The lowest BCUT2D eigenvalue weighted by Gasteiger charge is -2.27. The van der Waals surface area contributed by atoms with Crippen LogP contribution in [0.1, 0.15) is 0 Å². The van der Waals surface area contributed by atoms with E-state index >= 15 is 0 Å². The van der Waals surface area contributed by atoms with Crippen molar-refractivity contribution < 1.29 is 4.74 Å². The molecule has 0 aliphatic carbocycles. The van der Waals surface area contributed by atoms with Crippen LogP contribution < -0.4 is 10.2 Å². The van der Waals surface area contributed by atoms with E-state index in [9.17, 15) is 0 Å². The molecule has 1 N–H and O–H groups in total. The predicted octanol–water partition coefficient (Wildman–Crippen LogP) is 3.36. The Hall–Kier alpha value is -1.56. The molecule has 2 heterocycles. The molecule has 1 aliphatic rings. The van der Waals surface area contributed by atoms with Crippen molar-refractivity contribution in [2.45, 2.75) is 0 Å². The number of nitrogens with zero attached hydrogens (tertiary/aromatic N) is 3. The molecule has 0 saturated carbocycles. The number of morpholine rings is 1. The molecule has 1 aromatic heterocycles. The van der Waals surface area contributed by atoms with Crippen molar-refractivity contribution in [2.75, 3.05) is 36.5 Å². The number of halogens is 2. The Kier molecular flexibility index (Phi) is 4.43. The van der Waals surface area contributed by atoms with Crippen molar-refractivity contribution in [3.8, 4) is 0 Å². The average molecular weight is 325 g/mol. The van der Waals surface area contributed by atoms with E-state index < -0.39 is 0 Å². The molecule has 1 fully saturated rings. The zero-order chi connectivity index (χ0) is 14.7. The second-order valence-electron chi connectivity index (χ2n) is 4.59. The van der Waals surface area contributed by atoms with E-state index in [1.807, 2.05) is 6.07 Å². The van der Waals surface area contributed by atoms with Crippen molar-refractivity contribution >= 4 is 40.7 Å². The maximum Gasteiger partial charge on any atom is 0.229 e. The van der Waals surface area contributed by atoms with Gasteiger partial charge in [-0.3, -0.25) is 0 Å². The standard InChI is InChI=1S/C14H14Cl2N4O/c15-10-1-2-12(11(16)9-10)18-14-17-4-3-13(19-14)20-5-7-21-8-6-20/h1-4,9H,5-8H2,(H,17,18,19). The van der Waals surface area contributed by atoms with E-state index in [0.717, 1.165) is 37.8 Å². The number of ether oxygens (including phenoxy) is 1. The van der Waals surface area contributed by atoms with Crippen molar-refractivity contribution in [2.24, 2.45) is 0 Å². The minimum atomic E-state index is 0.503. The van der Waals surface area contributed by atoms with E-state index in [-0.39, 0.29) is 0 Å². The largest absolute Gasteiger partial charge is 0.378 e. The number of aromatic nitrogens is 2. The quantitative estimate of drug-likeness (QED) is 0.938. The molecule has 7 heteroatoms. The molecular formula is C14H14Cl2N4O. The third-order valence-corrected chi connectivity index (χ3v) is 3.70. The van der Waals surface area contributed by atoms with E-state index in [1.54, 1.807) is 24.4 Å².